The van der Waals surface area contributed by atoms with Gasteiger partial charge < -0.3 is 10.2 Å². The number of hydrogen-bond donors (Lipinski definition) is 1. The zero-order valence-corrected chi connectivity index (χ0v) is 12.5. The normalized spacial score (nSPS) is 31.6. The summed E-state index contributed by atoms with van der Waals surface area (Å²) >= 11 is 2.12. The van der Waals surface area contributed by atoms with Crippen LogP contribution in [0.25, 0.3) is 0 Å². The molecule has 2 fully saturated rings. The highest BCUT2D eigenvalue weighted by atomic mass is 32.2. The molecule has 0 amide bonds. The molecule has 0 bridgehead atoms. The van der Waals surface area contributed by atoms with E-state index >= 15 is 0 Å². The van der Waals surface area contributed by atoms with Crippen LogP contribution < -0.4 is 5.32 Å². The molecule has 2 aliphatic rings. The lowest BCUT2D eigenvalue weighted by atomic mass is 9.82. The number of rotatable bonds is 3. The van der Waals surface area contributed by atoms with Gasteiger partial charge in [0.1, 0.15) is 0 Å². The Morgan fingerprint density at radius 2 is 2.00 bits per heavy atom. The molecule has 3 heteroatoms. The summed E-state index contributed by atoms with van der Waals surface area (Å²) in [6, 6.07) is 0.723. The zero-order chi connectivity index (χ0) is 12.3. The lowest BCUT2D eigenvalue weighted by Gasteiger charge is -2.40. The van der Waals surface area contributed by atoms with E-state index in [1.54, 1.807) is 0 Å². The predicted octanol–water partition coefficient (Wildman–Crippen LogP) is 2.45. The van der Waals surface area contributed by atoms with Gasteiger partial charge >= 0.3 is 0 Å². The first-order valence-corrected chi connectivity index (χ1v) is 8.23. The van der Waals surface area contributed by atoms with Gasteiger partial charge in [-0.2, -0.15) is 11.8 Å². The number of nitrogens with zero attached hydrogens (tertiary/aromatic N) is 1. The summed E-state index contributed by atoms with van der Waals surface area (Å²) in [7, 11) is 2.24. The molecule has 0 radical (unpaired) electrons. The van der Waals surface area contributed by atoms with Crippen molar-refractivity contribution in [2.24, 2.45) is 11.3 Å². The number of piperidine rings is 1. The average Bonchev–Trinajstić information content (AvgIpc) is 2.29. The second-order valence-corrected chi connectivity index (χ2v) is 7.67. The third-order valence-corrected chi connectivity index (χ3v) is 5.67. The minimum Gasteiger partial charge on any atom is -0.312 e. The first kappa shape index (κ1) is 13.7. The van der Waals surface area contributed by atoms with Crippen molar-refractivity contribution in [2.75, 3.05) is 38.2 Å². The van der Waals surface area contributed by atoms with E-state index in [2.05, 4.69) is 42.9 Å². The van der Waals surface area contributed by atoms with Crippen LogP contribution in [-0.4, -0.2) is 49.1 Å². The molecule has 0 aliphatic carbocycles. The number of likely N-dealkylation sites (tertiary alicyclic amines) is 1. The molecule has 1 atom stereocenters. The monoisotopic (exact) mass is 256 g/mol. The molecule has 0 aromatic carbocycles. The number of thioether (sulfide) groups is 1. The van der Waals surface area contributed by atoms with Gasteiger partial charge in [0.15, 0.2) is 0 Å². The molecule has 17 heavy (non-hydrogen) atoms. The molecule has 2 heterocycles. The van der Waals surface area contributed by atoms with Crippen molar-refractivity contribution in [1.82, 2.24) is 10.2 Å². The summed E-state index contributed by atoms with van der Waals surface area (Å²) in [5, 5.41) is 3.86. The fourth-order valence-corrected chi connectivity index (χ4v) is 4.49. The molecular weight excluding hydrogens is 228 g/mol. The standard InChI is InChI=1S/C14H28N2S/c1-14(2)6-9-17-11-13(14)15-10-12-4-7-16(3)8-5-12/h12-13,15H,4-11H2,1-3H3. The molecule has 0 saturated carbocycles. The Balaban J connectivity index is 1.73. The second-order valence-electron chi connectivity index (χ2n) is 6.52. The molecule has 2 rings (SSSR count). The largest absolute Gasteiger partial charge is 0.312 e. The quantitative estimate of drug-likeness (QED) is 0.835. The van der Waals surface area contributed by atoms with Crippen molar-refractivity contribution in [2.45, 2.75) is 39.2 Å². The predicted molar refractivity (Wildman–Crippen MR) is 77.7 cm³/mol. The first-order chi connectivity index (χ1) is 8.08. The zero-order valence-electron chi connectivity index (χ0n) is 11.7. The highest BCUT2D eigenvalue weighted by Crippen LogP contribution is 2.34. The van der Waals surface area contributed by atoms with Crippen LogP contribution in [0, 0.1) is 11.3 Å². The van der Waals surface area contributed by atoms with E-state index in [1.807, 2.05) is 0 Å². The van der Waals surface area contributed by atoms with Crippen molar-refractivity contribution in [3.8, 4) is 0 Å². The van der Waals surface area contributed by atoms with Gasteiger partial charge in [0.2, 0.25) is 0 Å². The van der Waals surface area contributed by atoms with Gasteiger partial charge in [-0.25, -0.2) is 0 Å². The van der Waals surface area contributed by atoms with Gasteiger partial charge in [-0.1, -0.05) is 13.8 Å². The topological polar surface area (TPSA) is 15.3 Å². The Labute approximate surface area is 111 Å². The van der Waals surface area contributed by atoms with Crippen molar-refractivity contribution >= 4 is 11.8 Å². The molecular formula is C14H28N2S. The van der Waals surface area contributed by atoms with E-state index in [9.17, 15) is 0 Å². The summed E-state index contributed by atoms with van der Waals surface area (Å²) in [4.78, 5) is 2.46. The molecule has 2 aliphatic heterocycles. The summed E-state index contributed by atoms with van der Waals surface area (Å²) < 4.78 is 0. The minimum absolute atomic E-state index is 0.497. The van der Waals surface area contributed by atoms with Gasteiger partial charge in [-0.3, -0.25) is 0 Å². The van der Waals surface area contributed by atoms with Gasteiger partial charge in [0, 0.05) is 11.8 Å². The fraction of sp³-hybridized carbons (Fsp3) is 1.00. The van der Waals surface area contributed by atoms with Crippen molar-refractivity contribution in [1.29, 1.82) is 0 Å². The Kier molecular flexibility index (Phi) is 4.79. The third kappa shape index (κ3) is 3.87. The highest BCUT2D eigenvalue weighted by molar-refractivity contribution is 7.99. The van der Waals surface area contributed by atoms with Crippen molar-refractivity contribution < 1.29 is 0 Å². The lowest BCUT2D eigenvalue weighted by Crippen LogP contribution is -2.48. The van der Waals surface area contributed by atoms with Crippen LogP contribution in [0.4, 0.5) is 0 Å². The molecule has 0 spiro atoms. The van der Waals surface area contributed by atoms with E-state index in [0.29, 0.717) is 5.41 Å². The molecule has 1 unspecified atom stereocenters. The molecule has 2 saturated heterocycles. The summed E-state index contributed by atoms with van der Waals surface area (Å²) in [5.74, 6) is 3.56. The van der Waals surface area contributed by atoms with Gasteiger partial charge in [-0.15, -0.1) is 0 Å². The van der Waals surface area contributed by atoms with Crippen LogP contribution in [0.15, 0.2) is 0 Å². The maximum atomic E-state index is 3.86. The highest BCUT2D eigenvalue weighted by Gasteiger charge is 2.32. The van der Waals surface area contributed by atoms with Gasteiger partial charge in [-0.05, 0) is 63.0 Å². The van der Waals surface area contributed by atoms with Crippen molar-refractivity contribution in [3.05, 3.63) is 0 Å². The van der Waals surface area contributed by atoms with Crippen LogP contribution in [0.1, 0.15) is 33.1 Å². The van der Waals surface area contributed by atoms with E-state index < -0.39 is 0 Å². The lowest BCUT2D eigenvalue weighted by molar-refractivity contribution is 0.191. The van der Waals surface area contributed by atoms with Crippen molar-refractivity contribution in [3.63, 3.8) is 0 Å². The maximum absolute atomic E-state index is 3.86. The van der Waals surface area contributed by atoms with E-state index in [0.717, 1.165) is 12.0 Å². The van der Waals surface area contributed by atoms with Crippen LogP contribution in [0.5, 0.6) is 0 Å². The minimum atomic E-state index is 0.497. The van der Waals surface area contributed by atoms with Gasteiger partial charge in [0.25, 0.3) is 0 Å². The second kappa shape index (κ2) is 5.94. The van der Waals surface area contributed by atoms with Crippen LogP contribution in [-0.2, 0) is 0 Å². The molecule has 2 nitrogen and oxygen atoms in total. The Morgan fingerprint density at radius 3 is 2.65 bits per heavy atom. The number of hydrogen-bond acceptors (Lipinski definition) is 3. The molecule has 0 aromatic heterocycles. The Hall–Kier alpha value is 0.270. The number of nitrogens with one attached hydrogen (secondary N) is 1. The van der Waals surface area contributed by atoms with Gasteiger partial charge in [0.05, 0.1) is 0 Å². The van der Waals surface area contributed by atoms with E-state index in [1.165, 1.54) is 50.4 Å². The molecule has 0 aromatic rings. The van der Waals surface area contributed by atoms with Crippen LogP contribution >= 0.6 is 11.8 Å². The Bertz CT molecular complexity index is 234. The smallest absolute Gasteiger partial charge is 0.0209 e. The fourth-order valence-electron chi connectivity index (χ4n) is 2.85. The summed E-state index contributed by atoms with van der Waals surface area (Å²) in [5.41, 5.74) is 0.497. The molecule has 100 valence electrons. The third-order valence-electron chi connectivity index (χ3n) is 4.61. The first-order valence-electron chi connectivity index (χ1n) is 7.07. The summed E-state index contributed by atoms with van der Waals surface area (Å²) in [6.45, 7) is 8.67. The average molecular weight is 256 g/mol. The summed E-state index contributed by atoms with van der Waals surface area (Å²) in [6.07, 6.45) is 4.12. The van der Waals surface area contributed by atoms with E-state index in [4.69, 9.17) is 0 Å². The SMILES string of the molecule is CN1CCC(CNC2CSCCC2(C)C)CC1. The molecule has 1 N–H and O–H groups in total. The van der Waals surface area contributed by atoms with E-state index in [-0.39, 0.29) is 0 Å². The van der Waals surface area contributed by atoms with Crippen LogP contribution in [0.3, 0.4) is 0 Å². The Morgan fingerprint density at radius 1 is 1.29 bits per heavy atom. The van der Waals surface area contributed by atoms with Crippen LogP contribution in [0.2, 0.25) is 0 Å². The maximum Gasteiger partial charge on any atom is 0.0209 e.